The van der Waals surface area contributed by atoms with E-state index in [1.165, 1.54) is 244 Å². The lowest BCUT2D eigenvalue weighted by molar-refractivity contribution is -0.161. The van der Waals surface area contributed by atoms with Crippen molar-refractivity contribution in [2.75, 3.05) is 39.6 Å². The first-order valence-electron chi connectivity index (χ1n) is 42.0. The Morgan fingerprint density at radius 3 is 0.760 bits per heavy atom. The second-order valence-corrected chi connectivity index (χ2v) is 32.8. The van der Waals surface area contributed by atoms with Crippen molar-refractivity contribution in [1.29, 1.82) is 0 Å². The summed E-state index contributed by atoms with van der Waals surface area (Å²) in [5, 5.41) is 10.6. The number of phosphoric ester groups is 2. The molecule has 6 atom stereocenters. The zero-order valence-corrected chi connectivity index (χ0v) is 67.3. The third kappa shape index (κ3) is 73.0. The number of hydrogen-bond donors (Lipinski definition) is 3. The van der Waals surface area contributed by atoms with Crippen LogP contribution in [0.2, 0.25) is 0 Å². The van der Waals surface area contributed by atoms with Crippen LogP contribution in [0.15, 0.2) is 0 Å². The van der Waals surface area contributed by atoms with Gasteiger partial charge in [-0.1, -0.05) is 375 Å². The van der Waals surface area contributed by atoms with Crippen LogP contribution in [-0.2, 0) is 65.4 Å². The van der Waals surface area contributed by atoms with Crippen LogP contribution in [0.4, 0.5) is 0 Å². The van der Waals surface area contributed by atoms with Gasteiger partial charge in [0.05, 0.1) is 26.4 Å². The predicted molar refractivity (Wildman–Crippen MR) is 409 cm³/mol. The number of unbranched alkanes of at least 4 members (excludes halogenated alkanes) is 49. The van der Waals surface area contributed by atoms with Crippen LogP contribution in [0.1, 0.15) is 427 Å². The molecule has 3 unspecified atom stereocenters. The van der Waals surface area contributed by atoms with Gasteiger partial charge in [-0.3, -0.25) is 37.3 Å². The predicted octanol–water partition coefficient (Wildman–Crippen LogP) is 24.3. The number of ether oxygens (including phenoxy) is 4. The number of carbonyl (C=O) groups excluding carboxylic acids is 4. The highest BCUT2D eigenvalue weighted by Crippen LogP contribution is 2.45. The number of rotatable bonds is 80. The molecule has 3 N–H and O–H groups in total. The molecule has 0 spiro atoms. The third-order valence-corrected chi connectivity index (χ3v) is 21.2. The van der Waals surface area contributed by atoms with Crippen molar-refractivity contribution in [2.45, 2.75) is 445 Å². The average molecular weight is 1470 g/mol. The Morgan fingerprint density at radius 2 is 0.510 bits per heavy atom. The van der Waals surface area contributed by atoms with E-state index in [1.54, 1.807) is 0 Å². The summed E-state index contributed by atoms with van der Waals surface area (Å²) in [7, 11) is -9.92. The van der Waals surface area contributed by atoms with Gasteiger partial charge in [0.25, 0.3) is 0 Å². The molecule has 0 saturated carbocycles. The standard InChI is InChI=1S/C81H158O17P2/c1-7-10-12-14-16-18-20-21-29-34-41-47-53-59-65-80(85)97-76(69-91-78(83)63-57-51-45-39-19-17-15-13-11-8-2)71-95-99(87,88)93-67-75(82)68-94-100(89,90)96-72-77(70-92-79(84)64-58-52-46-40-36-31-32-37-43-49-55-61-73(4)5)98-81(86)66-60-54-48-42-35-30-27-25-23-22-24-26-28-33-38-44-50-56-62-74(6)9-3/h73-77,82H,7-72H2,1-6H3,(H,87,88)(H,89,90)/t74?,75-,76+,77+/m0/s1. The van der Waals surface area contributed by atoms with Gasteiger partial charge in [-0.15, -0.1) is 0 Å². The lowest BCUT2D eigenvalue weighted by Crippen LogP contribution is -2.30. The normalized spacial score (nSPS) is 14.2. The van der Waals surface area contributed by atoms with E-state index in [1.807, 2.05) is 0 Å². The van der Waals surface area contributed by atoms with E-state index in [0.717, 1.165) is 102 Å². The quantitative estimate of drug-likeness (QED) is 0.0222. The average Bonchev–Trinajstić information content (AvgIpc) is 0.930. The highest BCUT2D eigenvalue weighted by molar-refractivity contribution is 7.47. The van der Waals surface area contributed by atoms with Crippen molar-refractivity contribution < 1.29 is 80.2 Å². The summed E-state index contributed by atoms with van der Waals surface area (Å²) in [6.45, 7) is 9.70. The summed E-state index contributed by atoms with van der Waals surface area (Å²) < 4.78 is 68.7. The van der Waals surface area contributed by atoms with Gasteiger partial charge in [-0.25, -0.2) is 9.13 Å². The summed E-state index contributed by atoms with van der Waals surface area (Å²) in [4.78, 5) is 73.0. The number of esters is 4. The van der Waals surface area contributed by atoms with Crippen LogP contribution in [0.5, 0.6) is 0 Å². The molecule has 0 radical (unpaired) electrons. The SMILES string of the molecule is CCCCCCCCCCCCCCCCC(=O)O[C@H](COC(=O)CCCCCCCCCCCC)COP(=O)(O)OC[C@H](O)COP(=O)(O)OC[C@@H](COC(=O)CCCCCCCCCCCCCC(C)C)OC(=O)CCCCCCCCCCCCCCCCCCCCC(C)CC. The smallest absolute Gasteiger partial charge is 0.462 e. The molecule has 100 heavy (non-hydrogen) atoms. The van der Waals surface area contributed by atoms with Crippen molar-refractivity contribution in [3.8, 4) is 0 Å². The molecule has 0 aliphatic carbocycles. The minimum atomic E-state index is -4.96. The molecule has 0 aromatic rings. The summed E-state index contributed by atoms with van der Waals surface area (Å²) >= 11 is 0. The van der Waals surface area contributed by atoms with Crippen LogP contribution in [0, 0.1) is 11.8 Å². The van der Waals surface area contributed by atoms with Crippen LogP contribution in [0.25, 0.3) is 0 Å². The van der Waals surface area contributed by atoms with Gasteiger partial charge < -0.3 is 33.8 Å². The van der Waals surface area contributed by atoms with Crippen LogP contribution >= 0.6 is 15.6 Å². The van der Waals surface area contributed by atoms with Crippen molar-refractivity contribution in [3.63, 3.8) is 0 Å². The van der Waals surface area contributed by atoms with Crippen LogP contribution in [0.3, 0.4) is 0 Å². The Morgan fingerprint density at radius 1 is 0.290 bits per heavy atom. The molecule has 0 rings (SSSR count). The van der Waals surface area contributed by atoms with E-state index < -0.39 is 97.5 Å². The van der Waals surface area contributed by atoms with Gasteiger partial charge in [0.15, 0.2) is 12.2 Å². The summed E-state index contributed by atoms with van der Waals surface area (Å²) in [6, 6.07) is 0. The van der Waals surface area contributed by atoms with Gasteiger partial charge in [0.1, 0.15) is 19.3 Å². The van der Waals surface area contributed by atoms with E-state index in [4.69, 9.17) is 37.0 Å². The highest BCUT2D eigenvalue weighted by Gasteiger charge is 2.30. The molecule has 0 amide bonds. The van der Waals surface area contributed by atoms with E-state index in [2.05, 4.69) is 41.5 Å². The van der Waals surface area contributed by atoms with Gasteiger partial charge in [-0.2, -0.15) is 0 Å². The number of hydrogen-bond acceptors (Lipinski definition) is 15. The Kier molecular flexibility index (Phi) is 71.2. The summed E-state index contributed by atoms with van der Waals surface area (Å²) in [5.41, 5.74) is 0. The maximum absolute atomic E-state index is 13.1. The molecule has 0 heterocycles. The first-order chi connectivity index (χ1) is 48.4. The monoisotopic (exact) mass is 1470 g/mol. The maximum atomic E-state index is 13.1. The molecule has 0 bridgehead atoms. The van der Waals surface area contributed by atoms with Gasteiger partial charge in [0.2, 0.25) is 0 Å². The lowest BCUT2D eigenvalue weighted by atomic mass is 9.99. The molecule has 0 aliphatic rings. The molecular formula is C81H158O17P2. The van der Waals surface area contributed by atoms with Gasteiger partial charge in [0, 0.05) is 25.7 Å². The fourth-order valence-corrected chi connectivity index (χ4v) is 14.1. The second kappa shape index (κ2) is 72.6. The lowest BCUT2D eigenvalue weighted by Gasteiger charge is -2.21. The molecular weight excluding hydrogens is 1310 g/mol. The van der Waals surface area contributed by atoms with E-state index in [0.29, 0.717) is 25.7 Å². The van der Waals surface area contributed by atoms with Crippen LogP contribution in [-0.4, -0.2) is 96.7 Å². The van der Waals surface area contributed by atoms with Gasteiger partial charge >= 0.3 is 39.5 Å². The van der Waals surface area contributed by atoms with E-state index in [9.17, 15) is 43.2 Å². The molecule has 0 fully saturated rings. The molecule has 594 valence electrons. The number of carbonyl (C=O) groups is 4. The number of aliphatic hydroxyl groups excluding tert-OH is 1. The molecule has 0 aromatic heterocycles. The first kappa shape index (κ1) is 98.1. The van der Waals surface area contributed by atoms with E-state index in [-0.39, 0.29) is 25.7 Å². The van der Waals surface area contributed by atoms with Crippen molar-refractivity contribution >= 4 is 39.5 Å². The second-order valence-electron chi connectivity index (χ2n) is 29.9. The Labute approximate surface area is 613 Å². The molecule has 19 heteroatoms. The zero-order valence-electron chi connectivity index (χ0n) is 65.5. The minimum Gasteiger partial charge on any atom is -0.462 e. The zero-order chi connectivity index (χ0) is 73.5. The fraction of sp³-hybridized carbons (Fsp3) is 0.951. The number of phosphoric acid groups is 2. The molecule has 0 aromatic carbocycles. The van der Waals surface area contributed by atoms with Crippen molar-refractivity contribution in [1.82, 2.24) is 0 Å². The van der Waals surface area contributed by atoms with Crippen molar-refractivity contribution in [2.24, 2.45) is 11.8 Å². The van der Waals surface area contributed by atoms with E-state index >= 15 is 0 Å². The van der Waals surface area contributed by atoms with Gasteiger partial charge in [-0.05, 0) is 37.5 Å². The molecule has 0 aliphatic heterocycles. The number of aliphatic hydroxyl groups is 1. The first-order valence-corrected chi connectivity index (χ1v) is 45.0. The molecule has 0 saturated heterocycles. The Balaban J connectivity index is 5.21. The maximum Gasteiger partial charge on any atom is 0.472 e. The van der Waals surface area contributed by atoms with Crippen LogP contribution < -0.4 is 0 Å². The Bertz CT molecular complexity index is 1930. The fourth-order valence-electron chi connectivity index (χ4n) is 12.5. The largest absolute Gasteiger partial charge is 0.472 e. The summed E-state index contributed by atoms with van der Waals surface area (Å²) in [5.74, 6) is -0.466. The highest BCUT2D eigenvalue weighted by atomic mass is 31.2. The minimum absolute atomic E-state index is 0.108. The molecule has 17 nitrogen and oxygen atoms in total. The topological polar surface area (TPSA) is 237 Å². The Hall–Kier alpha value is -1.94. The third-order valence-electron chi connectivity index (χ3n) is 19.3. The van der Waals surface area contributed by atoms with Crippen molar-refractivity contribution in [3.05, 3.63) is 0 Å². The summed E-state index contributed by atoms with van der Waals surface area (Å²) in [6.07, 6.45) is 62.3.